The minimum atomic E-state index is -0.180. The summed E-state index contributed by atoms with van der Waals surface area (Å²) in [6.45, 7) is 1.23. The van der Waals surface area contributed by atoms with Gasteiger partial charge in [-0.05, 0) is 18.1 Å². The molecule has 3 unspecified atom stereocenters. The van der Waals surface area contributed by atoms with Crippen LogP contribution in [0, 0.1) is 0 Å². The first-order valence-electron chi connectivity index (χ1n) is 7.22. The molecule has 110 valence electrons. The van der Waals surface area contributed by atoms with Gasteiger partial charge < -0.3 is 19.7 Å². The number of nitrogens with zero attached hydrogens (tertiary/aromatic N) is 2. The van der Waals surface area contributed by atoms with E-state index in [2.05, 4.69) is 16.2 Å². The summed E-state index contributed by atoms with van der Waals surface area (Å²) < 4.78 is 16.7. The van der Waals surface area contributed by atoms with E-state index >= 15 is 0 Å². The van der Waals surface area contributed by atoms with Crippen LogP contribution >= 0.6 is 0 Å². The van der Waals surface area contributed by atoms with Crippen molar-refractivity contribution in [2.24, 2.45) is 5.73 Å². The molecule has 0 bridgehead atoms. The monoisotopic (exact) mass is 287 g/mol. The van der Waals surface area contributed by atoms with Gasteiger partial charge in [0, 0.05) is 19.1 Å². The molecule has 4 rings (SSSR count). The molecule has 3 atom stereocenters. The lowest BCUT2D eigenvalue weighted by molar-refractivity contribution is 0.0590. The number of hydrogen-bond acceptors (Lipinski definition) is 6. The number of nitrogens with two attached hydrogens (primary N) is 1. The molecule has 3 heterocycles. The Kier molecular flexibility index (Phi) is 3.12. The van der Waals surface area contributed by atoms with Crippen molar-refractivity contribution < 1.29 is 14.0 Å². The van der Waals surface area contributed by atoms with E-state index < -0.39 is 0 Å². The van der Waals surface area contributed by atoms with Gasteiger partial charge in [0.2, 0.25) is 11.7 Å². The van der Waals surface area contributed by atoms with E-state index in [1.807, 2.05) is 18.2 Å². The van der Waals surface area contributed by atoms with E-state index in [4.69, 9.17) is 19.7 Å². The molecule has 1 fully saturated rings. The van der Waals surface area contributed by atoms with Crippen LogP contribution in [-0.2, 0) is 11.2 Å². The molecule has 0 amide bonds. The van der Waals surface area contributed by atoms with E-state index in [-0.39, 0.29) is 18.1 Å². The largest absolute Gasteiger partial charge is 0.482 e. The van der Waals surface area contributed by atoms with Crippen LogP contribution in [0.3, 0.4) is 0 Å². The highest BCUT2D eigenvalue weighted by molar-refractivity contribution is 5.37. The van der Waals surface area contributed by atoms with E-state index in [0.29, 0.717) is 24.9 Å². The summed E-state index contributed by atoms with van der Waals surface area (Å²) in [5, 5.41) is 4.07. The summed E-state index contributed by atoms with van der Waals surface area (Å²) in [6.07, 6.45) is 1.40. The summed E-state index contributed by atoms with van der Waals surface area (Å²) in [6, 6.07) is 7.99. The second-order valence-electron chi connectivity index (χ2n) is 5.54. The number of para-hydroxylation sites is 1. The average Bonchev–Trinajstić information content (AvgIpc) is 3.14. The van der Waals surface area contributed by atoms with Crippen LogP contribution in [0.4, 0.5) is 0 Å². The van der Waals surface area contributed by atoms with Crippen molar-refractivity contribution in [2.75, 3.05) is 13.2 Å². The first-order valence-corrected chi connectivity index (χ1v) is 7.22. The fourth-order valence-corrected chi connectivity index (χ4v) is 2.86. The van der Waals surface area contributed by atoms with Crippen LogP contribution in [0.2, 0.25) is 0 Å². The van der Waals surface area contributed by atoms with Crippen LogP contribution < -0.4 is 10.5 Å². The van der Waals surface area contributed by atoms with Crippen molar-refractivity contribution in [1.29, 1.82) is 0 Å². The third kappa shape index (κ3) is 2.30. The molecule has 2 aliphatic rings. The summed E-state index contributed by atoms with van der Waals surface area (Å²) in [5.74, 6) is 2.01. The van der Waals surface area contributed by atoms with E-state index in [0.717, 1.165) is 18.6 Å². The molecule has 2 N–H and O–H groups in total. The predicted octanol–water partition coefficient (Wildman–Crippen LogP) is 1.58. The lowest BCUT2D eigenvalue weighted by Gasteiger charge is -2.25. The van der Waals surface area contributed by atoms with Crippen LogP contribution in [-0.4, -0.2) is 29.4 Å². The number of benzene rings is 1. The Morgan fingerprint density at radius 1 is 1.24 bits per heavy atom. The van der Waals surface area contributed by atoms with Crippen LogP contribution in [0.5, 0.6) is 5.75 Å². The molecule has 0 aliphatic carbocycles. The highest BCUT2D eigenvalue weighted by Crippen LogP contribution is 2.35. The second-order valence-corrected chi connectivity index (χ2v) is 5.54. The van der Waals surface area contributed by atoms with Gasteiger partial charge in [-0.15, -0.1) is 0 Å². The lowest BCUT2D eigenvalue weighted by atomic mass is 9.97. The van der Waals surface area contributed by atoms with Crippen molar-refractivity contribution in [3.05, 3.63) is 41.5 Å². The second kappa shape index (κ2) is 5.13. The Balaban J connectivity index is 1.53. The standard InChI is InChI=1S/C15H17N3O3/c16-11-5-6-19-8-10(11)15-17-14(18-21-15)13-7-9-3-1-2-4-12(9)20-13/h1-4,10-11,13H,5-8,16H2. The third-order valence-corrected chi connectivity index (χ3v) is 4.12. The zero-order chi connectivity index (χ0) is 14.2. The molecule has 2 aliphatic heterocycles. The lowest BCUT2D eigenvalue weighted by Crippen LogP contribution is -2.37. The summed E-state index contributed by atoms with van der Waals surface area (Å²) in [5.41, 5.74) is 7.28. The first-order chi connectivity index (χ1) is 10.3. The van der Waals surface area contributed by atoms with Gasteiger partial charge in [0.05, 0.1) is 12.5 Å². The van der Waals surface area contributed by atoms with Gasteiger partial charge in [-0.3, -0.25) is 0 Å². The molecule has 2 aromatic rings. The van der Waals surface area contributed by atoms with E-state index in [1.54, 1.807) is 0 Å². The summed E-state index contributed by atoms with van der Waals surface area (Å²) >= 11 is 0. The number of aromatic nitrogens is 2. The van der Waals surface area contributed by atoms with Crippen molar-refractivity contribution in [3.8, 4) is 5.75 Å². The first kappa shape index (κ1) is 12.8. The zero-order valence-electron chi connectivity index (χ0n) is 11.6. The van der Waals surface area contributed by atoms with Crippen LogP contribution in [0.1, 0.15) is 35.7 Å². The Morgan fingerprint density at radius 3 is 3.00 bits per heavy atom. The fraction of sp³-hybridized carbons (Fsp3) is 0.467. The maximum atomic E-state index is 6.10. The van der Waals surface area contributed by atoms with Crippen LogP contribution in [0.15, 0.2) is 28.8 Å². The van der Waals surface area contributed by atoms with Gasteiger partial charge in [0.25, 0.3) is 0 Å². The third-order valence-electron chi connectivity index (χ3n) is 4.12. The SMILES string of the molecule is NC1CCOCC1c1nc(C2Cc3ccccc3O2)no1. The molecule has 6 heteroatoms. The molecular weight excluding hydrogens is 270 g/mol. The van der Waals surface area contributed by atoms with Crippen LogP contribution in [0.25, 0.3) is 0 Å². The molecule has 0 spiro atoms. The quantitative estimate of drug-likeness (QED) is 0.902. The molecule has 6 nitrogen and oxygen atoms in total. The number of hydrogen-bond donors (Lipinski definition) is 1. The van der Waals surface area contributed by atoms with Gasteiger partial charge in [-0.25, -0.2) is 0 Å². The molecule has 1 aromatic carbocycles. The normalized spacial score (nSPS) is 28.1. The molecule has 0 saturated carbocycles. The van der Waals surface area contributed by atoms with Gasteiger partial charge in [-0.1, -0.05) is 23.4 Å². The minimum Gasteiger partial charge on any atom is -0.482 e. The van der Waals surface area contributed by atoms with Gasteiger partial charge in [0.1, 0.15) is 5.75 Å². The molecule has 1 saturated heterocycles. The average molecular weight is 287 g/mol. The molecule has 21 heavy (non-hydrogen) atoms. The Bertz CT molecular complexity index is 618. The molecule has 0 radical (unpaired) electrons. The number of fused-ring (bicyclic) bond motifs is 1. The van der Waals surface area contributed by atoms with Crippen molar-refractivity contribution >= 4 is 0 Å². The summed E-state index contributed by atoms with van der Waals surface area (Å²) in [4.78, 5) is 4.49. The molecular formula is C15H17N3O3. The Morgan fingerprint density at radius 2 is 2.14 bits per heavy atom. The van der Waals surface area contributed by atoms with Gasteiger partial charge in [-0.2, -0.15) is 4.98 Å². The maximum absolute atomic E-state index is 6.10. The van der Waals surface area contributed by atoms with Gasteiger partial charge >= 0.3 is 0 Å². The van der Waals surface area contributed by atoms with Gasteiger partial charge in [0.15, 0.2) is 6.10 Å². The number of rotatable bonds is 2. The number of ether oxygens (including phenoxy) is 2. The molecule has 1 aromatic heterocycles. The van der Waals surface area contributed by atoms with Crippen molar-refractivity contribution in [3.63, 3.8) is 0 Å². The fourth-order valence-electron chi connectivity index (χ4n) is 2.86. The topological polar surface area (TPSA) is 83.4 Å². The highest BCUT2D eigenvalue weighted by Gasteiger charge is 2.32. The van der Waals surface area contributed by atoms with Crippen molar-refractivity contribution in [1.82, 2.24) is 10.1 Å². The van der Waals surface area contributed by atoms with E-state index in [1.165, 1.54) is 5.56 Å². The van der Waals surface area contributed by atoms with E-state index in [9.17, 15) is 0 Å². The summed E-state index contributed by atoms with van der Waals surface area (Å²) in [7, 11) is 0. The Labute approximate surface area is 122 Å². The van der Waals surface area contributed by atoms with Crippen molar-refractivity contribution in [2.45, 2.75) is 30.9 Å². The highest BCUT2D eigenvalue weighted by atomic mass is 16.5. The maximum Gasteiger partial charge on any atom is 0.233 e. The minimum absolute atomic E-state index is 0.00810. The predicted molar refractivity (Wildman–Crippen MR) is 74.0 cm³/mol. The smallest absolute Gasteiger partial charge is 0.233 e. The Hall–Kier alpha value is -1.92. The zero-order valence-corrected chi connectivity index (χ0v) is 11.6.